The van der Waals surface area contributed by atoms with E-state index in [2.05, 4.69) is 5.32 Å². The van der Waals surface area contributed by atoms with Crippen LogP contribution in [0.3, 0.4) is 0 Å². The van der Waals surface area contributed by atoms with Gasteiger partial charge >= 0.3 is 6.09 Å². The number of benzene rings is 2. The van der Waals surface area contributed by atoms with Gasteiger partial charge in [-0.2, -0.15) is 0 Å². The average Bonchev–Trinajstić information content (AvgIpc) is 2.55. The zero-order valence-electron chi connectivity index (χ0n) is 15.1. The number of nitrogens with one attached hydrogen (secondary N) is 1. The summed E-state index contributed by atoms with van der Waals surface area (Å²) in [4.78, 5) is 25.9. The Hall–Kier alpha value is -2.82. The fraction of sp³-hybridized carbons (Fsp3) is 0.300. The molecule has 0 saturated carbocycles. The highest BCUT2D eigenvalue weighted by atomic mass is 16.6. The highest BCUT2D eigenvalue weighted by Gasteiger charge is 2.17. The predicted molar refractivity (Wildman–Crippen MR) is 100 cm³/mol. The summed E-state index contributed by atoms with van der Waals surface area (Å²) in [5.74, 6) is 0.180. The standard InChI is InChI=1S/C20H24N2O3/c1-5-22(17-10-6-8-15(4)12-17)20(24)25-18-11-7-9-16(13-18)21-19(23)14(2)3/h6-14H,5H2,1-4H3,(H,21,23). The molecular formula is C20H24N2O3. The highest BCUT2D eigenvalue weighted by Crippen LogP contribution is 2.21. The molecule has 0 spiro atoms. The number of ether oxygens (including phenoxy) is 1. The van der Waals surface area contributed by atoms with E-state index in [-0.39, 0.29) is 11.8 Å². The SMILES string of the molecule is CCN(C(=O)Oc1cccc(NC(=O)C(C)C)c1)c1cccc(C)c1. The molecule has 0 saturated heterocycles. The van der Waals surface area contributed by atoms with Crippen LogP contribution in [0, 0.1) is 12.8 Å². The maximum absolute atomic E-state index is 12.5. The molecule has 2 rings (SSSR count). The van der Waals surface area contributed by atoms with Gasteiger partial charge in [-0.15, -0.1) is 0 Å². The number of aryl methyl sites for hydroxylation is 1. The van der Waals surface area contributed by atoms with Crippen LogP contribution in [0.25, 0.3) is 0 Å². The molecular weight excluding hydrogens is 316 g/mol. The van der Waals surface area contributed by atoms with Crippen molar-refractivity contribution in [2.24, 2.45) is 5.92 Å². The second-order valence-corrected chi connectivity index (χ2v) is 6.12. The lowest BCUT2D eigenvalue weighted by Gasteiger charge is -2.21. The summed E-state index contributed by atoms with van der Waals surface area (Å²) in [6.45, 7) is 8.00. The topological polar surface area (TPSA) is 58.6 Å². The first-order valence-corrected chi connectivity index (χ1v) is 8.37. The minimum absolute atomic E-state index is 0.0848. The lowest BCUT2D eigenvalue weighted by molar-refractivity contribution is -0.118. The summed E-state index contributed by atoms with van der Waals surface area (Å²) in [6.07, 6.45) is -0.458. The van der Waals surface area contributed by atoms with E-state index in [9.17, 15) is 9.59 Å². The van der Waals surface area contributed by atoms with Gasteiger partial charge in [-0.25, -0.2) is 4.79 Å². The Morgan fingerprint density at radius 2 is 1.84 bits per heavy atom. The van der Waals surface area contributed by atoms with Crippen LogP contribution in [-0.4, -0.2) is 18.5 Å². The normalized spacial score (nSPS) is 10.4. The van der Waals surface area contributed by atoms with Crippen molar-refractivity contribution in [2.45, 2.75) is 27.7 Å². The summed E-state index contributed by atoms with van der Waals surface area (Å²) in [7, 11) is 0. The molecule has 0 aliphatic rings. The van der Waals surface area contributed by atoms with Crippen molar-refractivity contribution < 1.29 is 14.3 Å². The van der Waals surface area contributed by atoms with Gasteiger partial charge in [0, 0.05) is 29.9 Å². The fourth-order valence-corrected chi connectivity index (χ4v) is 2.29. The average molecular weight is 340 g/mol. The Balaban J connectivity index is 2.12. The minimum Gasteiger partial charge on any atom is -0.410 e. The van der Waals surface area contributed by atoms with Gasteiger partial charge in [-0.05, 0) is 43.7 Å². The van der Waals surface area contributed by atoms with Crippen molar-refractivity contribution in [3.05, 3.63) is 54.1 Å². The van der Waals surface area contributed by atoms with E-state index in [1.165, 1.54) is 0 Å². The van der Waals surface area contributed by atoms with E-state index < -0.39 is 6.09 Å². The molecule has 0 unspecified atom stereocenters. The van der Waals surface area contributed by atoms with Gasteiger partial charge in [0.25, 0.3) is 0 Å². The van der Waals surface area contributed by atoms with Crippen molar-refractivity contribution in [1.82, 2.24) is 0 Å². The summed E-state index contributed by atoms with van der Waals surface area (Å²) in [6, 6.07) is 14.5. The van der Waals surface area contributed by atoms with Crippen molar-refractivity contribution in [1.29, 1.82) is 0 Å². The Labute approximate surface area is 148 Å². The van der Waals surface area contributed by atoms with Crippen molar-refractivity contribution in [3.8, 4) is 5.75 Å². The summed E-state index contributed by atoms with van der Waals surface area (Å²) < 4.78 is 5.48. The van der Waals surface area contributed by atoms with Crippen LogP contribution >= 0.6 is 0 Å². The Morgan fingerprint density at radius 3 is 2.48 bits per heavy atom. The molecule has 25 heavy (non-hydrogen) atoms. The molecule has 0 aromatic heterocycles. The van der Waals surface area contributed by atoms with E-state index in [0.717, 1.165) is 11.3 Å². The van der Waals surface area contributed by atoms with Gasteiger partial charge in [0.15, 0.2) is 0 Å². The van der Waals surface area contributed by atoms with Gasteiger partial charge in [-0.1, -0.05) is 32.0 Å². The number of nitrogens with zero attached hydrogens (tertiary/aromatic N) is 1. The number of carbonyl (C=O) groups excluding carboxylic acids is 2. The monoisotopic (exact) mass is 340 g/mol. The number of anilines is 2. The Morgan fingerprint density at radius 1 is 1.12 bits per heavy atom. The second-order valence-electron chi connectivity index (χ2n) is 6.12. The molecule has 0 fully saturated rings. The van der Waals surface area contributed by atoms with E-state index in [1.807, 2.05) is 52.0 Å². The zero-order chi connectivity index (χ0) is 18.4. The first kappa shape index (κ1) is 18.5. The first-order chi connectivity index (χ1) is 11.9. The van der Waals surface area contributed by atoms with Crippen LogP contribution in [0.5, 0.6) is 5.75 Å². The molecule has 5 heteroatoms. The lowest BCUT2D eigenvalue weighted by atomic mass is 10.2. The van der Waals surface area contributed by atoms with E-state index in [4.69, 9.17) is 4.74 Å². The number of hydrogen-bond donors (Lipinski definition) is 1. The quantitative estimate of drug-likeness (QED) is 0.864. The fourth-order valence-electron chi connectivity index (χ4n) is 2.29. The van der Waals surface area contributed by atoms with Gasteiger partial charge in [0.1, 0.15) is 5.75 Å². The Kier molecular flexibility index (Phi) is 6.17. The third kappa shape index (κ3) is 5.08. The molecule has 2 aromatic carbocycles. The summed E-state index contributed by atoms with van der Waals surface area (Å²) in [5.41, 5.74) is 2.46. The third-order valence-electron chi connectivity index (χ3n) is 3.68. The van der Waals surface area contributed by atoms with Crippen LogP contribution in [0.1, 0.15) is 26.3 Å². The molecule has 2 aromatic rings. The maximum Gasteiger partial charge on any atom is 0.419 e. The van der Waals surface area contributed by atoms with E-state index >= 15 is 0 Å². The number of amides is 2. The number of hydrogen-bond acceptors (Lipinski definition) is 3. The minimum atomic E-state index is -0.458. The van der Waals surface area contributed by atoms with Crippen LogP contribution < -0.4 is 15.0 Å². The number of rotatable bonds is 5. The van der Waals surface area contributed by atoms with Crippen LogP contribution in [0.2, 0.25) is 0 Å². The largest absolute Gasteiger partial charge is 0.419 e. The van der Waals surface area contributed by atoms with Gasteiger partial charge < -0.3 is 10.1 Å². The molecule has 0 heterocycles. The van der Waals surface area contributed by atoms with Crippen molar-refractivity contribution in [3.63, 3.8) is 0 Å². The molecule has 5 nitrogen and oxygen atoms in total. The molecule has 0 aliphatic carbocycles. The summed E-state index contributed by atoms with van der Waals surface area (Å²) in [5, 5.41) is 2.79. The van der Waals surface area contributed by atoms with Crippen LogP contribution in [-0.2, 0) is 4.79 Å². The smallest absolute Gasteiger partial charge is 0.410 e. The molecule has 132 valence electrons. The lowest BCUT2D eigenvalue weighted by Crippen LogP contribution is -2.33. The second kappa shape index (κ2) is 8.33. The van der Waals surface area contributed by atoms with Crippen molar-refractivity contribution >= 4 is 23.4 Å². The molecule has 0 bridgehead atoms. The zero-order valence-corrected chi connectivity index (χ0v) is 15.1. The Bertz CT molecular complexity index is 756. The highest BCUT2D eigenvalue weighted by molar-refractivity contribution is 5.92. The van der Waals surface area contributed by atoms with Gasteiger partial charge in [0.2, 0.25) is 5.91 Å². The number of carbonyl (C=O) groups is 2. The van der Waals surface area contributed by atoms with Crippen LogP contribution in [0.4, 0.5) is 16.2 Å². The third-order valence-corrected chi connectivity index (χ3v) is 3.68. The predicted octanol–water partition coefficient (Wildman–Crippen LogP) is 4.61. The van der Waals surface area contributed by atoms with Gasteiger partial charge in [-0.3, -0.25) is 9.69 Å². The van der Waals surface area contributed by atoms with E-state index in [0.29, 0.717) is 18.0 Å². The van der Waals surface area contributed by atoms with Gasteiger partial charge in [0.05, 0.1) is 0 Å². The van der Waals surface area contributed by atoms with Crippen molar-refractivity contribution in [2.75, 3.05) is 16.8 Å². The van der Waals surface area contributed by atoms with E-state index in [1.54, 1.807) is 29.2 Å². The first-order valence-electron chi connectivity index (χ1n) is 8.37. The molecule has 1 N–H and O–H groups in total. The molecule has 2 amide bonds. The molecule has 0 aliphatic heterocycles. The summed E-state index contributed by atoms with van der Waals surface area (Å²) >= 11 is 0. The molecule has 0 atom stereocenters. The molecule has 0 radical (unpaired) electrons. The van der Waals surface area contributed by atoms with Crippen LogP contribution in [0.15, 0.2) is 48.5 Å². The maximum atomic E-state index is 12.5.